The second kappa shape index (κ2) is 18.6. The summed E-state index contributed by atoms with van der Waals surface area (Å²) in [6, 6.07) is 18.4. The summed E-state index contributed by atoms with van der Waals surface area (Å²) in [5.41, 5.74) is -2.11. The molecule has 16 nitrogen and oxygen atoms in total. The van der Waals surface area contributed by atoms with Crippen LogP contribution < -0.4 is 18.9 Å². The third-order valence-corrected chi connectivity index (χ3v) is 7.48. The fraction of sp³-hybridized carbons (Fsp3) is 0.200. The van der Waals surface area contributed by atoms with Crippen molar-refractivity contribution in [3.05, 3.63) is 118 Å². The number of carbonyl (C=O) groups is 8. The number of ketones is 2. The van der Waals surface area contributed by atoms with Gasteiger partial charge in [0.2, 0.25) is 11.6 Å². The van der Waals surface area contributed by atoms with Gasteiger partial charge in [0.15, 0.2) is 11.5 Å². The molecule has 0 spiro atoms. The molecule has 0 radical (unpaired) electrons. The highest BCUT2D eigenvalue weighted by atomic mass is 17.2. The highest BCUT2D eigenvalue weighted by Gasteiger charge is 2.31. The molecule has 0 fully saturated rings. The van der Waals surface area contributed by atoms with Gasteiger partial charge < -0.3 is 28.4 Å². The molecule has 4 aromatic carbocycles. The van der Waals surface area contributed by atoms with Crippen LogP contribution in [0, 0.1) is 11.8 Å². The van der Waals surface area contributed by atoms with Crippen LogP contribution in [-0.4, -0.2) is 62.0 Å². The van der Waals surface area contributed by atoms with E-state index in [0.29, 0.717) is 0 Å². The zero-order valence-corrected chi connectivity index (χ0v) is 30.8. The number of ether oxygens (including phenoxy) is 6. The number of rotatable bonds is 12. The van der Waals surface area contributed by atoms with E-state index in [4.69, 9.17) is 28.7 Å². The van der Waals surface area contributed by atoms with E-state index < -0.39 is 82.2 Å². The molecule has 0 aromatic heterocycles. The molecule has 0 amide bonds. The minimum atomic E-state index is -1.42. The van der Waals surface area contributed by atoms with E-state index in [1.54, 1.807) is 0 Å². The number of esters is 2. The highest BCUT2D eigenvalue weighted by Crippen LogP contribution is 2.33. The first-order valence-corrected chi connectivity index (χ1v) is 16.6. The monoisotopic (exact) mass is 770 g/mol. The molecule has 16 heteroatoms. The predicted octanol–water partition coefficient (Wildman–Crippen LogP) is 6.49. The van der Waals surface area contributed by atoms with Crippen molar-refractivity contribution in [3.8, 4) is 23.0 Å². The molecule has 0 aliphatic carbocycles. The van der Waals surface area contributed by atoms with Crippen LogP contribution in [0.25, 0.3) is 0 Å². The molecule has 0 unspecified atom stereocenters. The molecule has 0 saturated heterocycles. The van der Waals surface area contributed by atoms with Crippen molar-refractivity contribution < 1.29 is 76.6 Å². The predicted molar refractivity (Wildman–Crippen MR) is 190 cm³/mol. The molecule has 0 saturated carbocycles. The molecule has 0 N–H and O–H groups in total. The van der Waals surface area contributed by atoms with E-state index >= 15 is 0 Å². The summed E-state index contributed by atoms with van der Waals surface area (Å²) >= 11 is 0. The Kier molecular flexibility index (Phi) is 13.8. The van der Waals surface area contributed by atoms with Gasteiger partial charge in [-0.15, -0.1) is 0 Å². The van der Waals surface area contributed by atoms with E-state index in [0.717, 1.165) is 26.4 Å². The average Bonchev–Trinajstić information content (AvgIpc) is 3.19. The minimum Gasteiger partial charge on any atom is -0.437 e. The van der Waals surface area contributed by atoms with Gasteiger partial charge in [-0.3, -0.25) is 19.2 Å². The van der Waals surface area contributed by atoms with E-state index in [1.807, 2.05) is 0 Å². The Labute approximate surface area is 319 Å². The Morgan fingerprint density at radius 1 is 0.411 bits per heavy atom. The van der Waals surface area contributed by atoms with Crippen LogP contribution >= 0.6 is 0 Å². The van der Waals surface area contributed by atoms with Gasteiger partial charge in [-0.1, -0.05) is 64.1 Å². The highest BCUT2D eigenvalue weighted by molar-refractivity contribution is 6.15. The second-order valence-electron chi connectivity index (χ2n) is 12.0. The van der Waals surface area contributed by atoms with Crippen LogP contribution in [0.5, 0.6) is 23.0 Å². The maximum absolute atomic E-state index is 13.8. The van der Waals surface area contributed by atoms with Crippen molar-refractivity contribution in [1.82, 2.24) is 0 Å². The maximum atomic E-state index is 13.8. The third-order valence-electron chi connectivity index (χ3n) is 7.48. The molecule has 0 aliphatic rings. The number of carbonyl (C=O) groups excluding carboxylic acids is 8. The largest absolute Gasteiger partial charge is 0.513 e. The van der Waals surface area contributed by atoms with Gasteiger partial charge in [0.25, 0.3) is 0 Å². The molecule has 4 aromatic rings. The molecular weight excluding hydrogens is 736 g/mol. The molecule has 56 heavy (non-hydrogen) atoms. The summed E-state index contributed by atoms with van der Waals surface area (Å²) in [6.45, 7) is 6.00. The van der Waals surface area contributed by atoms with Crippen LogP contribution in [0.15, 0.2) is 84.9 Å². The van der Waals surface area contributed by atoms with E-state index in [9.17, 15) is 38.4 Å². The smallest absolute Gasteiger partial charge is 0.437 e. The fourth-order valence-corrected chi connectivity index (χ4v) is 4.61. The maximum Gasteiger partial charge on any atom is 0.513 e. The fourth-order valence-electron chi connectivity index (χ4n) is 4.61. The van der Waals surface area contributed by atoms with E-state index in [2.05, 4.69) is 9.47 Å². The first-order valence-electron chi connectivity index (χ1n) is 16.6. The van der Waals surface area contributed by atoms with Crippen molar-refractivity contribution >= 4 is 47.8 Å². The Balaban J connectivity index is 1.72. The van der Waals surface area contributed by atoms with E-state index in [-0.39, 0.29) is 33.8 Å². The lowest BCUT2D eigenvalue weighted by Crippen LogP contribution is -2.22. The summed E-state index contributed by atoms with van der Waals surface area (Å²) in [6.07, 6.45) is -2.24. The normalized spacial score (nSPS) is 10.5. The van der Waals surface area contributed by atoms with Gasteiger partial charge in [0.05, 0.1) is 48.3 Å². The molecule has 0 bridgehead atoms. The number of benzene rings is 4. The number of hydrogen-bond donors (Lipinski definition) is 0. The molecule has 4 rings (SSSR count). The van der Waals surface area contributed by atoms with Gasteiger partial charge in [-0.25, -0.2) is 29.0 Å². The molecule has 290 valence electrons. The van der Waals surface area contributed by atoms with Gasteiger partial charge in [-0.05, 0) is 48.5 Å². The van der Waals surface area contributed by atoms with Gasteiger partial charge in [-0.2, -0.15) is 0 Å². The summed E-state index contributed by atoms with van der Waals surface area (Å²) in [7, 11) is 2.13. The van der Waals surface area contributed by atoms with Crippen molar-refractivity contribution in [1.29, 1.82) is 0 Å². The van der Waals surface area contributed by atoms with Gasteiger partial charge >= 0.3 is 36.2 Å². The molecular formula is C40H34O16. The summed E-state index contributed by atoms with van der Waals surface area (Å²) in [4.78, 5) is 114. The lowest BCUT2D eigenvalue weighted by Gasteiger charge is -2.16. The molecule has 0 heterocycles. The molecule has 0 aliphatic heterocycles. The quantitative estimate of drug-likeness (QED) is 0.0376. The Hall–Kier alpha value is -7.36. The topological polar surface area (TPSA) is 210 Å². The number of para-hydroxylation sites is 4. The molecule has 0 atom stereocenters. The van der Waals surface area contributed by atoms with E-state index in [1.165, 1.54) is 100 Å². The van der Waals surface area contributed by atoms with Gasteiger partial charge in [0.1, 0.15) is 22.6 Å². The van der Waals surface area contributed by atoms with Gasteiger partial charge in [0, 0.05) is 0 Å². The summed E-state index contributed by atoms with van der Waals surface area (Å²) in [5, 5.41) is 0. The Bertz CT molecular complexity index is 2040. The average molecular weight is 771 g/mol. The van der Waals surface area contributed by atoms with Crippen LogP contribution in [-0.2, 0) is 28.8 Å². The first-order chi connectivity index (χ1) is 26.7. The lowest BCUT2D eigenvalue weighted by molar-refractivity contribution is -0.187. The zero-order chi connectivity index (χ0) is 41.1. The van der Waals surface area contributed by atoms with Crippen LogP contribution in [0.1, 0.15) is 80.3 Å². The Morgan fingerprint density at radius 2 is 0.732 bits per heavy atom. The minimum absolute atomic E-state index is 0.172. The standard InChI is InChI=1S/C40H34O16/c1-21(2)35(43)53-33-25(31(41)23-13-7-9-19-29(23)51-39(47)49-5)15-11-17-27(33)37(45)55-56-38(46)28-18-12-16-26(34(28)54-36(44)22(3)4)32(42)24-14-8-10-20-30(24)52-40(48)50-6/h7-22H,1-6H3. The summed E-state index contributed by atoms with van der Waals surface area (Å²) < 4.78 is 30.2. The third kappa shape index (κ3) is 9.79. The summed E-state index contributed by atoms with van der Waals surface area (Å²) in [5.74, 6) is -9.28. The van der Waals surface area contributed by atoms with Crippen molar-refractivity contribution in [2.75, 3.05) is 14.2 Å². The zero-order valence-electron chi connectivity index (χ0n) is 30.8. The lowest BCUT2D eigenvalue weighted by atomic mass is 9.99. The SMILES string of the molecule is COC(=O)Oc1ccccc1C(=O)c1cccc(C(=O)OOC(=O)c2cccc(C(=O)c3ccccc3OC(=O)OC)c2OC(=O)C(C)C)c1OC(=O)C(C)C. The van der Waals surface area contributed by atoms with Crippen LogP contribution in [0.2, 0.25) is 0 Å². The van der Waals surface area contributed by atoms with Crippen molar-refractivity contribution in [2.45, 2.75) is 27.7 Å². The first kappa shape index (κ1) is 41.4. The van der Waals surface area contributed by atoms with Crippen molar-refractivity contribution in [2.24, 2.45) is 11.8 Å². The Morgan fingerprint density at radius 3 is 1.07 bits per heavy atom. The number of hydrogen-bond acceptors (Lipinski definition) is 16. The second-order valence-corrected chi connectivity index (χ2v) is 12.0. The van der Waals surface area contributed by atoms with Crippen LogP contribution in [0.4, 0.5) is 9.59 Å². The van der Waals surface area contributed by atoms with Crippen LogP contribution in [0.3, 0.4) is 0 Å². The number of methoxy groups -OCH3 is 2. The van der Waals surface area contributed by atoms with Crippen molar-refractivity contribution in [3.63, 3.8) is 0 Å².